The zero-order chi connectivity index (χ0) is 18.1. The number of amides is 2. The lowest BCUT2D eigenvalue weighted by Crippen LogP contribution is -2.62. The minimum Gasteiger partial charge on any atom is -0.390 e. The van der Waals surface area contributed by atoms with E-state index in [0.29, 0.717) is 23.8 Å². The summed E-state index contributed by atoms with van der Waals surface area (Å²) in [5.74, 6) is 1.65. The summed E-state index contributed by atoms with van der Waals surface area (Å²) in [6.45, 7) is 3.70. The van der Waals surface area contributed by atoms with E-state index in [2.05, 4.69) is 11.8 Å². The van der Waals surface area contributed by atoms with Crippen molar-refractivity contribution in [3.05, 3.63) is 34.9 Å². The molecule has 4 nitrogen and oxygen atoms in total. The Morgan fingerprint density at radius 1 is 1.12 bits per heavy atom. The first kappa shape index (κ1) is 16.9. The fourth-order valence-corrected chi connectivity index (χ4v) is 6.72. The molecule has 2 amide bonds. The molecule has 3 atom stereocenters. The van der Waals surface area contributed by atoms with E-state index in [0.717, 1.165) is 42.9 Å². The third kappa shape index (κ3) is 2.56. The zero-order valence-electron chi connectivity index (χ0n) is 15.3. The molecule has 140 valence electrons. The highest BCUT2D eigenvalue weighted by molar-refractivity contribution is 6.30. The zero-order valence-corrected chi connectivity index (χ0v) is 16.0. The van der Waals surface area contributed by atoms with Crippen molar-refractivity contribution in [3.8, 4) is 0 Å². The molecular weight excluding hydrogens is 348 g/mol. The number of aliphatic hydroxyl groups is 1. The number of benzene rings is 1. The van der Waals surface area contributed by atoms with Crippen molar-refractivity contribution in [3.63, 3.8) is 0 Å². The lowest BCUT2D eigenvalue weighted by molar-refractivity contribution is -0.152. The largest absolute Gasteiger partial charge is 0.390 e. The molecule has 5 aliphatic rings. The Hall–Kier alpha value is -1.26. The molecule has 0 radical (unpaired) electrons. The first-order valence-electron chi connectivity index (χ1n) is 9.99. The van der Waals surface area contributed by atoms with Gasteiger partial charge < -0.3 is 14.9 Å². The lowest BCUT2D eigenvalue weighted by Gasteiger charge is -2.59. The molecule has 0 aromatic heterocycles. The van der Waals surface area contributed by atoms with Crippen LogP contribution >= 0.6 is 11.6 Å². The van der Waals surface area contributed by atoms with Crippen LogP contribution in [0.15, 0.2) is 24.3 Å². The van der Waals surface area contributed by atoms with E-state index in [9.17, 15) is 9.90 Å². The highest BCUT2D eigenvalue weighted by Gasteiger charge is 2.57. The maximum atomic E-state index is 13.3. The van der Waals surface area contributed by atoms with Crippen LogP contribution in [-0.2, 0) is 0 Å². The van der Waals surface area contributed by atoms with Crippen molar-refractivity contribution in [2.75, 3.05) is 13.1 Å². The van der Waals surface area contributed by atoms with Crippen LogP contribution in [0.5, 0.6) is 0 Å². The Morgan fingerprint density at radius 2 is 1.77 bits per heavy atom. The third-order valence-corrected chi connectivity index (χ3v) is 7.70. The van der Waals surface area contributed by atoms with Gasteiger partial charge in [0.05, 0.1) is 11.6 Å². The summed E-state index contributed by atoms with van der Waals surface area (Å²) in [5, 5.41) is 11.5. The SMILES string of the molecule is C[C@@H](c1ccc(Cl)cc1)N1CCN([C@H]2C3CC4CC2C[C@](O)(C4)C3)C1=O. The van der Waals surface area contributed by atoms with Gasteiger partial charge in [-0.2, -0.15) is 0 Å². The van der Waals surface area contributed by atoms with Crippen LogP contribution in [0.3, 0.4) is 0 Å². The van der Waals surface area contributed by atoms with Crippen molar-refractivity contribution in [1.29, 1.82) is 0 Å². The van der Waals surface area contributed by atoms with Gasteiger partial charge in [-0.25, -0.2) is 4.79 Å². The molecule has 1 aliphatic heterocycles. The summed E-state index contributed by atoms with van der Waals surface area (Å²) in [7, 11) is 0. The van der Waals surface area contributed by atoms with E-state index in [4.69, 9.17) is 11.6 Å². The summed E-state index contributed by atoms with van der Waals surface area (Å²) in [5.41, 5.74) is 0.690. The van der Waals surface area contributed by atoms with Crippen LogP contribution in [0.4, 0.5) is 4.79 Å². The Bertz CT molecular complexity index is 705. The van der Waals surface area contributed by atoms with Crippen LogP contribution in [0.2, 0.25) is 5.02 Å². The molecule has 5 fully saturated rings. The van der Waals surface area contributed by atoms with Gasteiger partial charge >= 0.3 is 6.03 Å². The van der Waals surface area contributed by atoms with E-state index < -0.39 is 5.60 Å². The number of halogens is 1. The average molecular weight is 375 g/mol. The van der Waals surface area contributed by atoms with E-state index >= 15 is 0 Å². The molecule has 1 aromatic carbocycles. The van der Waals surface area contributed by atoms with Crippen LogP contribution in [0, 0.1) is 17.8 Å². The standard InChI is InChI=1S/C21H27ClN2O2/c1-13(15-2-4-18(22)5-3-15)23-6-7-24(20(23)25)19-16-8-14-9-17(19)12-21(26,10-14)11-16/h2-5,13-14,16-17,19,26H,6-12H2,1H3/t13-,14?,16?,17?,19-,21-/m0/s1. The molecule has 0 spiro atoms. The predicted octanol–water partition coefficient (Wildman–Crippen LogP) is 4.08. The van der Waals surface area contributed by atoms with Crippen molar-refractivity contribution < 1.29 is 9.90 Å². The summed E-state index contributed by atoms with van der Waals surface area (Å²) in [4.78, 5) is 17.4. The Kier molecular flexibility index (Phi) is 3.81. The molecule has 4 aliphatic carbocycles. The van der Waals surface area contributed by atoms with Crippen molar-refractivity contribution in [2.45, 2.75) is 56.7 Å². The smallest absolute Gasteiger partial charge is 0.320 e. The van der Waals surface area contributed by atoms with Gasteiger partial charge in [-0.3, -0.25) is 0 Å². The third-order valence-electron chi connectivity index (χ3n) is 7.44. The lowest BCUT2D eigenvalue weighted by atomic mass is 9.52. The first-order valence-corrected chi connectivity index (χ1v) is 10.4. The van der Waals surface area contributed by atoms with Gasteiger partial charge in [-0.05, 0) is 74.5 Å². The van der Waals surface area contributed by atoms with E-state index in [1.165, 1.54) is 12.8 Å². The maximum Gasteiger partial charge on any atom is 0.320 e. The number of hydrogen-bond donors (Lipinski definition) is 1. The molecular formula is C21H27ClN2O2. The van der Waals surface area contributed by atoms with Gasteiger partial charge in [-0.15, -0.1) is 0 Å². The Labute approximate surface area is 160 Å². The summed E-state index contributed by atoms with van der Waals surface area (Å²) >= 11 is 6.00. The van der Waals surface area contributed by atoms with Crippen molar-refractivity contribution in [1.82, 2.24) is 9.80 Å². The number of hydrogen-bond acceptors (Lipinski definition) is 2. The Morgan fingerprint density at radius 3 is 2.38 bits per heavy atom. The van der Waals surface area contributed by atoms with Crippen LogP contribution in [0.25, 0.3) is 0 Å². The molecule has 4 bridgehead atoms. The van der Waals surface area contributed by atoms with E-state index in [-0.39, 0.29) is 12.1 Å². The number of rotatable bonds is 3. The molecule has 26 heavy (non-hydrogen) atoms. The quantitative estimate of drug-likeness (QED) is 0.866. The summed E-state index contributed by atoms with van der Waals surface area (Å²) < 4.78 is 0. The number of carbonyl (C=O) groups is 1. The monoisotopic (exact) mass is 374 g/mol. The minimum atomic E-state index is -0.438. The summed E-state index contributed by atoms with van der Waals surface area (Å²) in [6, 6.07) is 8.39. The summed E-state index contributed by atoms with van der Waals surface area (Å²) in [6.07, 6.45) is 5.16. The van der Waals surface area contributed by atoms with Crippen molar-refractivity contribution in [2.24, 2.45) is 17.8 Å². The van der Waals surface area contributed by atoms with Gasteiger partial charge in [-0.1, -0.05) is 23.7 Å². The second kappa shape index (κ2) is 5.87. The van der Waals surface area contributed by atoms with E-state index in [1.807, 2.05) is 29.2 Å². The fraction of sp³-hybridized carbons (Fsp3) is 0.667. The van der Waals surface area contributed by atoms with Gasteiger partial charge in [0.1, 0.15) is 0 Å². The average Bonchev–Trinajstić information content (AvgIpc) is 2.95. The van der Waals surface area contributed by atoms with Crippen molar-refractivity contribution >= 4 is 17.6 Å². The van der Waals surface area contributed by atoms with Gasteiger partial charge in [0, 0.05) is 24.2 Å². The maximum absolute atomic E-state index is 13.3. The predicted molar refractivity (Wildman–Crippen MR) is 101 cm³/mol. The molecule has 6 rings (SSSR count). The molecule has 1 heterocycles. The molecule has 1 aromatic rings. The molecule has 2 unspecified atom stereocenters. The Balaban J connectivity index is 1.34. The molecule has 1 saturated heterocycles. The van der Waals surface area contributed by atoms with Gasteiger partial charge in [0.2, 0.25) is 0 Å². The highest BCUT2D eigenvalue weighted by atomic mass is 35.5. The number of carbonyl (C=O) groups excluding carboxylic acids is 1. The second-order valence-corrected chi connectivity index (χ2v) is 9.52. The van der Waals surface area contributed by atoms with Crippen LogP contribution in [-0.4, -0.2) is 45.7 Å². The van der Waals surface area contributed by atoms with Crippen LogP contribution < -0.4 is 0 Å². The fourth-order valence-electron chi connectivity index (χ4n) is 6.59. The molecule has 5 heteroatoms. The number of nitrogens with zero attached hydrogens (tertiary/aromatic N) is 2. The number of urea groups is 1. The normalized spacial score (nSPS) is 39.7. The van der Waals surface area contributed by atoms with E-state index in [1.54, 1.807) is 0 Å². The minimum absolute atomic E-state index is 0.0609. The highest BCUT2D eigenvalue weighted by Crippen LogP contribution is 2.57. The van der Waals surface area contributed by atoms with Gasteiger partial charge in [0.25, 0.3) is 0 Å². The second-order valence-electron chi connectivity index (χ2n) is 9.08. The van der Waals surface area contributed by atoms with Gasteiger partial charge in [0.15, 0.2) is 0 Å². The topological polar surface area (TPSA) is 43.8 Å². The molecule has 4 saturated carbocycles. The molecule has 1 N–H and O–H groups in total. The first-order chi connectivity index (χ1) is 12.4. The van der Waals surface area contributed by atoms with Crippen LogP contribution in [0.1, 0.15) is 50.6 Å².